The Bertz CT molecular complexity index is 387. The quantitative estimate of drug-likeness (QED) is 0.569. The molecule has 1 aromatic rings. The van der Waals surface area contributed by atoms with E-state index in [2.05, 4.69) is 5.10 Å². The molecule has 0 aliphatic rings. The molecule has 12 heavy (non-hydrogen) atoms. The van der Waals surface area contributed by atoms with Crippen LogP contribution in [-0.4, -0.2) is 27.1 Å². The molecule has 0 aromatic carbocycles. The lowest BCUT2D eigenvalue weighted by molar-refractivity contribution is 0.0687. The fraction of sp³-hybridized carbons (Fsp3) is 0.167. The second-order valence-corrected chi connectivity index (χ2v) is 2.19. The van der Waals surface area contributed by atoms with Crippen LogP contribution < -0.4 is 5.56 Å². The van der Waals surface area contributed by atoms with Gasteiger partial charge in [-0.1, -0.05) is 0 Å². The van der Waals surface area contributed by atoms with Crippen LogP contribution in [0.4, 0.5) is 0 Å². The molecule has 0 spiro atoms. The lowest BCUT2D eigenvalue weighted by atomic mass is 10.3. The molecular formula is C6H6N2O4. The predicted octanol–water partition coefficient (Wildman–Crippen LogP) is -0.776. The van der Waals surface area contributed by atoms with Crippen molar-refractivity contribution in [1.82, 2.24) is 9.78 Å². The van der Waals surface area contributed by atoms with E-state index in [-0.39, 0.29) is 17.5 Å². The zero-order valence-corrected chi connectivity index (χ0v) is 6.20. The van der Waals surface area contributed by atoms with E-state index in [4.69, 9.17) is 5.11 Å². The minimum atomic E-state index is -1.32. The van der Waals surface area contributed by atoms with E-state index >= 15 is 0 Å². The van der Waals surface area contributed by atoms with Crippen LogP contribution >= 0.6 is 0 Å². The number of rotatable bonds is 2. The van der Waals surface area contributed by atoms with Crippen molar-refractivity contribution in [1.29, 1.82) is 0 Å². The number of carboxylic acid groups (broad SMARTS) is 1. The number of carbonyl (C=O) groups is 2. The van der Waals surface area contributed by atoms with Crippen LogP contribution in [0.2, 0.25) is 0 Å². The molecule has 0 unspecified atom stereocenters. The van der Waals surface area contributed by atoms with Gasteiger partial charge in [-0.3, -0.25) is 19.4 Å². The summed E-state index contributed by atoms with van der Waals surface area (Å²) in [6, 6.07) is 0. The first-order valence-corrected chi connectivity index (χ1v) is 3.05. The fourth-order valence-electron chi connectivity index (χ4n) is 0.839. The number of nitrogens with one attached hydrogen (secondary N) is 1. The third-order valence-corrected chi connectivity index (χ3v) is 1.42. The van der Waals surface area contributed by atoms with Gasteiger partial charge >= 0.3 is 5.97 Å². The number of aromatic carboxylic acids is 1. The SMILES string of the molecule is Cn1[nH]c(C(=O)O)c(C=O)c1=O. The van der Waals surface area contributed by atoms with Crippen molar-refractivity contribution >= 4 is 12.3 Å². The number of aromatic amines is 1. The molecule has 0 bridgehead atoms. The minimum absolute atomic E-state index is 0.224. The highest BCUT2D eigenvalue weighted by molar-refractivity contribution is 5.94. The van der Waals surface area contributed by atoms with Gasteiger partial charge in [0.05, 0.1) is 0 Å². The Labute approximate surface area is 66.4 Å². The zero-order valence-electron chi connectivity index (χ0n) is 6.20. The summed E-state index contributed by atoms with van der Waals surface area (Å²) >= 11 is 0. The van der Waals surface area contributed by atoms with Gasteiger partial charge in [-0.25, -0.2) is 4.79 Å². The molecule has 0 saturated carbocycles. The number of aldehydes is 1. The number of H-pyrrole nitrogens is 1. The number of aromatic nitrogens is 2. The molecule has 1 rings (SSSR count). The van der Waals surface area contributed by atoms with E-state index < -0.39 is 11.5 Å². The smallest absolute Gasteiger partial charge is 0.354 e. The highest BCUT2D eigenvalue weighted by Crippen LogP contribution is 1.96. The van der Waals surface area contributed by atoms with Crippen molar-refractivity contribution < 1.29 is 14.7 Å². The van der Waals surface area contributed by atoms with Crippen LogP contribution in [0.15, 0.2) is 4.79 Å². The van der Waals surface area contributed by atoms with Crippen LogP contribution in [0, 0.1) is 0 Å². The normalized spacial score (nSPS) is 9.75. The van der Waals surface area contributed by atoms with Gasteiger partial charge in [0.25, 0.3) is 5.56 Å². The molecule has 6 heteroatoms. The second-order valence-electron chi connectivity index (χ2n) is 2.19. The third-order valence-electron chi connectivity index (χ3n) is 1.42. The van der Waals surface area contributed by atoms with Crippen molar-refractivity contribution in [2.45, 2.75) is 0 Å². The molecule has 6 nitrogen and oxygen atoms in total. The Balaban J connectivity index is 3.50. The summed E-state index contributed by atoms with van der Waals surface area (Å²) < 4.78 is 0.938. The Morgan fingerprint density at radius 1 is 1.67 bits per heavy atom. The highest BCUT2D eigenvalue weighted by Gasteiger charge is 2.16. The molecule has 0 aliphatic carbocycles. The Kier molecular flexibility index (Phi) is 1.82. The van der Waals surface area contributed by atoms with Gasteiger partial charge in [0.15, 0.2) is 12.0 Å². The maximum Gasteiger partial charge on any atom is 0.354 e. The second kappa shape index (κ2) is 2.65. The van der Waals surface area contributed by atoms with E-state index in [0.717, 1.165) is 4.68 Å². The van der Waals surface area contributed by atoms with Crippen molar-refractivity contribution in [3.8, 4) is 0 Å². The average Bonchev–Trinajstić information content (AvgIpc) is 2.29. The molecular weight excluding hydrogens is 164 g/mol. The summed E-state index contributed by atoms with van der Waals surface area (Å²) in [6.45, 7) is 0. The summed E-state index contributed by atoms with van der Waals surface area (Å²) in [6.07, 6.45) is 0.224. The largest absolute Gasteiger partial charge is 0.477 e. The first-order valence-electron chi connectivity index (χ1n) is 3.05. The van der Waals surface area contributed by atoms with Gasteiger partial charge in [-0.2, -0.15) is 0 Å². The summed E-state index contributed by atoms with van der Waals surface area (Å²) in [5.41, 5.74) is -1.37. The lowest BCUT2D eigenvalue weighted by Crippen LogP contribution is -2.14. The van der Waals surface area contributed by atoms with Gasteiger partial charge in [-0.15, -0.1) is 0 Å². The van der Waals surface area contributed by atoms with Gasteiger partial charge in [0, 0.05) is 7.05 Å². The molecule has 64 valence electrons. The molecule has 0 radical (unpaired) electrons. The molecule has 2 N–H and O–H groups in total. The maximum absolute atomic E-state index is 11.0. The topological polar surface area (TPSA) is 92.2 Å². The van der Waals surface area contributed by atoms with Crippen molar-refractivity contribution in [2.75, 3.05) is 0 Å². The molecule has 0 fully saturated rings. The van der Waals surface area contributed by atoms with Crippen LogP contribution in [0.25, 0.3) is 0 Å². The number of nitrogens with zero attached hydrogens (tertiary/aromatic N) is 1. The van der Waals surface area contributed by atoms with Crippen molar-refractivity contribution in [3.05, 3.63) is 21.6 Å². The Morgan fingerprint density at radius 2 is 2.25 bits per heavy atom. The van der Waals surface area contributed by atoms with Gasteiger partial charge in [0.1, 0.15) is 5.56 Å². The van der Waals surface area contributed by atoms with E-state index in [1.165, 1.54) is 7.05 Å². The van der Waals surface area contributed by atoms with E-state index in [1.807, 2.05) is 0 Å². The third kappa shape index (κ3) is 1.03. The van der Waals surface area contributed by atoms with Crippen LogP contribution in [-0.2, 0) is 7.05 Å². The molecule has 1 heterocycles. The van der Waals surface area contributed by atoms with Crippen molar-refractivity contribution in [3.63, 3.8) is 0 Å². The van der Waals surface area contributed by atoms with Crippen LogP contribution in [0.3, 0.4) is 0 Å². The van der Waals surface area contributed by atoms with Gasteiger partial charge in [0.2, 0.25) is 0 Å². The maximum atomic E-state index is 11.0. The molecule has 0 saturated heterocycles. The number of carboxylic acids is 1. The standard InChI is InChI=1S/C6H6N2O4/c1-8-5(10)3(2-9)4(7-8)6(11)12/h2,7H,1H3,(H,11,12). The number of hydrogen-bond donors (Lipinski definition) is 2. The Hall–Kier alpha value is -1.85. The first kappa shape index (κ1) is 8.25. The summed E-state index contributed by atoms with van der Waals surface area (Å²) in [5.74, 6) is -1.32. The highest BCUT2D eigenvalue weighted by atomic mass is 16.4. The summed E-state index contributed by atoms with van der Waals surface area (Å²) in [7, 11) is 1.34. The van der Waals surface area contributed by atoms with E-state index in [0.29, 0.717) is 0 Å². The van der Waals surface area contributed by atoms with Gasteiger partial charge < -0.3 is 5.11 Å². The zero-order chi connectivity index (χ0) is 9.30. The number of carbonyl (C=O) groups excluding carboxylic acids is 1. The summed E-state index contributed by atoms with van der Waals surface area (Å²) in [4.78, 5) is 31.6. The van der Waals surface area contributed by atoms with E-state index in [9.17, 15) is 14.4 Å². The summed E-state index contributed by atoms with van der Waals surface area (Å²) in [5, 5.41) is 10.7. The number of aryl methyl sites for hydroxylation is 1. The predicted molar refractivity (Wildman–Crippen MR) is 38.4 cm³/mol. The lowest BCUT2D eigenvalue weighted by Gasteiger charge is -1.86. The molecule has 0 aliphatic heterocycles. The molecule has 0 atom stereocenters. The van der Waals surface area contributed by atoms with Gasteiger partial charge in [-0.05, 0) is 0 Å². The molecule has 0 amide bonds. The van der Waals surface area contributed by atoms with Crippen LogP contribution in [0.1, 0.15) is 20.8 Å². The Morgan fingerprint density at radius 3 is 2.58 bits per heavy atom. The minimum Gasteiger partial charge on any atom is -0.477 e. The van der Waals surface area contributed by atoms with E-state index in [1.54, 1.807) is 0 Å². The van der Waals surface area contributed by atoms with Crippen LogP contribution in [0.5, 0.6) is 0 Å². The first-order chi connectivity index (χ1) is 5.57. The monoisotopic (exact) mass is 170 g/mol. The number of hydrogen-bond acceptors (Lipinski definition) is 3. The van der Waals surface area contributed by atoms with Crippen molar-refractivity contribution in [2.24, 2.45) is 7.05 Å². The average molecular weight is 170 g/mol. The molecule has 1 aromatic heterocycles. The fourth-order valence-corrected chi connectivity index (χ4v) is 0.839.